The molecule has 0 amide bonds. The summed E-state index contributed by atoms with van der Waals surface area (Å²) in [5.74, 6) is 2.43. The zero-order valence-electron chi connectivity index (χ0n) is 7.59. The van der Waals surface area contributed by atoms with E-state index in [4.69, 9.17) is 0 Å². The van der Waals surface area contributed by atoms with Crippen molar-refractivity contribution < 1.29 is 0 Å². The molecule has 0 aliphatic carbocycles. The van der Waals surface area contributed by atoms with Crippen molar-refractivity contribution in [1.82, 2.24) is 0 Å². The maximum Gasteiger partial charge on any atom is 0.190 e. The average molecular weight is 158 g/mol. The van der Waals surface area contributed by atoms with Gasteiger partial charge in [0.05, 0.1) is 0 Å². The van der Waals surface area contributed by atoms with Crippen molar-refractivity contribution in [2.75, 3.05) is 0 Å². The van der Waals surface area contributed by atoms with Gasteiger partial charge in [0, 0.05) is 0 Å². The fourth-order valence-corrected chi connectivity index (χ4v) is 1.80. The van der Waals surface area contributed by atoms with Gasteiger partial charge in [-0.15, -0.1) is 0 Å². The fourth-order valence-electron chi connectivity index (χ4n) is 1.21. The molecule has 0 rings (SSSR count). The average Bonchev–Trinajstić information content (AvgIpc) is 1.90. The summed E-state index contributed by atoms with van der Waals surface area (Å²) >= 11 is 4.33. The number of hydrogen-bond donors (Lipinski definition) is 1. The van der Waals surface area contributed by atoms with E-state index in [-0.39, 0.29) is 0 Å². The Morgan fingerprint density at radius 1 is 1.30 bits per heavy atom. The second kappa shape index (κ2) is 5.12. The molecule has 0 aliphatic heterocycles. The summed E-state index contributed by atoms with van der Waals surface area (Å²) in [5.41, 5.74) is 0. The quantitative estimate of drug-likeness (QED) is 0.472. The van der Waals surface area contributed by atoms with Crippen molar-refractivity contribution >= 4 is 19.0 Å². The van der Waals surface area contributed by atoms with Crippen molar-refractivity contribution in [3.63, 3.8) is 0 Å². The van der Waals surface area contributed by atoms with E-state index in [1.807, 2.05) is 0 Å². The second-order valence-corrected chi connectivity index (χ2v) is 3.82. The van der Waals surface area contributed by atoms with Crippen LogP contribution >= 0.6 is 12.5 Å². The minimum atomic E-state index is 0.803. The third kappa shape index (κ3) is 3.00. The van der Waals surface area contributed by atoms with Crippen LogP contribution in [-0.4, -0.2) is 6.56 Å². The standard InChI is InChI=1S/C8H19BS/c1-5-8(9-10)7(4)6(2)3/h6-10H,5H2,1-4H3. The first kappa shape index (κ1) is 10.4. The van der Waals surface area contributed by atoms with E-state index >= 15 is 0 Å². The first-order chi connectivity index (χ1) is 4.63. The van der Waals surface area contributed by atoms with Gasteiger partial charge in [-0.1, -0.05) is 39.9 Å². The van der Waals surface area contributed by atoms with Crippen LogP contribution in [0.5, 0.6) is 0 Å². The molecule has 2 atom stereocenters. The zero-order chi connectivity index (χ0) is 8.15. The van der Waals surface area contributed by atoms with Crippen LogP contribution in [0.4, 0.5) is 0 Å². The molecular formula is C8H19BS. The molecule has 0 saturated heterocycles. The smallest absolute Gasteiger partial charge is 0.190 e. The summed E-state index contributed by atoms with van der Waals surface area (Å²) in [6.45, 7) is 10.2. The predicted molar refractivity (Wildman–Crippen MR) is 54.2 cm³/mol. The summed E-state index contributed by atoms with van der Waals surface area (Å²) < 4.78 is 0. The highest BCUT2D eigenvalue weighted by Gasteiger charge is 2.17. The van der Waals surface area contributed by atoms with E-state index in [0.29, 0.717) is 0 Å². The molecule has 0 aromatic heterocycles. The molecule has 0 saturated carbocycles. The second-order valence-electron chi connectivity index (χ2n) is 3.45. The van der Waals surface area contributed by atoms with E-state index in [1.54, 1.807) is 0 Å². The van der Waals surface area contributed by atoms with Crippen molar-refractivity contribution in [2.45, 2.75) is 39.9 Å². The molecule has 0 spiro atoms. The van der Waals surface area contributed by atoms with Crippen molar-refractivity contribution in [3.05, 3.63) is 0 Å². The predicted octanol–water partition coefficient (Wildman–Crippen LogP) is 2.76. The Balaban J connectivity index is 3.76. The van der Waals surface area contributed by atoms with Gasteiger partial charge in [-0.05, 0) is 11.8 Å². The lowest BCUT2D eigenvalue weighted by atomic mass is 9.70. The fraction of sp³-hybridized carbons (Fsp3) is 1.00. The molecule has 0 nitrogen and oxygen atoms in total. The lowest BCUT2D eigenvalue weighted by Crippen LogP contribution is -2.14. The van der Waals surface area contributed by atoms with E-state index in [0.717, 1.165) is 24.2 Å². The Kier molecular flexibility index (Phi) is 5.33. The Labute approximate surface area is 71.3 Å². The van der Waals surface area contributed by atoms with Crippen LogP contribution in [0.3, 0.4) is 0 Å². The summed E-state index contributed by atoms with van der Waals surface area (Å²) in [6, 6.07) is 0. The van der Waals surface area contributed by atoms with Crippen LogP contribution in [0.1, 0.15) is 34.1 Å². The molecule has 0 N–H and O–H groups in total. The first-order valence-electron chi connectivity index (χ1n) is 4.24. The van der Waals surface area contributed by atoms with Crippen LogP contribution in [0.2, 0.25) is 5.82 Å². The molecule has 0 radical (unpaired) electrons. The summed E-state index contributed by atoms with van der Waals surface area (Å²) in [5, 5.41) is 0. The number of hydrogen-bond acceptors (Lipinski definition) is 1. The van der Waals surface area contributed by atoms with E-state index in [1.165, 1.54) is 6.42 Å². The minimum Gasteiger partial charge on any atom is -0.231 e. The summed E-state index contributed by atoms with van der Waals surface area (Å²) in [6.07, 6.45) is 1.27. The molecule has 0 aliphatic rings. The highest BCUT2D eigenvalue weighted by molar-refractivity contribution is 8.07. The molecule has 0 fully saturated rings. The number of thiol groups is 1. The van der Waals surface area contributed by atoms with Crippen LogP contribution in [0.25, 0.3) is 0 Å². The van der Waals surface area contributed by atoms with E-state index < -0.39 is 0 Å². The minimum absolute atomic E-state index is 0.803. The zero-order valence-corrected chi connectivity index (χ0v) is 8.49. The Morgan fingerprint density at radius 3 is 1.90 bits per heavy atom. The van der Waals surface area contributed by atoms with Crippen LogP contribution in [0.15, 0.2) is 0 Å². The Morgan fingerprint density at radius 2 is 1.80 bits per heavy atom. The van der Waals surface area contributed by atoms with Crippen molar-refractivity contribution in [2.24, 2.45) is 11.8 Å². The highest BCUT2D eigenvalue weighted by atomic mass is 32.1. The SMILES string of the molecule is CCC(BS)C(C)C(C)C. The van der Waals surface area contributed by atoms with E-state index in [9.17, 15) is 0 Å². The van der Waals surface area contributed by atoms with Gasteiger partial charge in [-0.2, -0.15) is 0 Å². The van der Waals surface area contributed by atoms with Gasteiger partial charge in [0.25, 0.3) is 0 Å². The van der Waals surface area contributed by atoms with Crippen LogP contribution < -0.4 is 0 Å². The molecule has 0 heterocycles. The van der Waals surface area contributed by atoms with Gasteiger partial charge in [-0.3, -0.25) is 0 Å². The molecule has 2 heteroatoms. The molecule has 60 valence electrons. The van der Waals surface area contributed by atoms with Crippen molar-refractivity contribution in [3.8, 4) is 0 Å². The van der Waals surface area contributed by atoms with Crippen LogP contribution in [-0.2, 0) is 0 Å². The third-order valence-corrected chi connectivity index (χ3v) is 3.02. The molecule has 2 unspecified atom stereocenters. The van der Waals surface area contributed by atoms with Gasteiger partial charge < -0.3 is 0 Å². The summed E-state index contributed by atoms with van der Waals surface area (Å²) in [4.78, 5) is 0. The molecule has 10 heavy (non-hydrogen) atoms. The third-order valence-electron chi connectivity index (χ3n) is 2.55. The Bertz CT molecular complexity index is 79.3. The van der Waals surface area contributed by atoms with Gasteiger partial charge in [-0.25, -0.2) is 12.5 Å². The normalized spacial score (nSPS) is 17.0. The molecule has 0 bridgehead atoms. The number of rotatable bonds is 4. The maximum atomic E-state index is 4.33. The van der Waals surface area contributed by atoms with Gasteiger partial charge in [0.15, 0.2) is 6.56 Å². The highest BCUT2D eigenvalue weighted by Crippen LogP contribution is 2.27. The van der Waals surface area contributed by atoms with Gasteiger partial charge in [0.1, 0.15) is 0 Å². The maximum absolute atomic E-state index is 4.33. The van der Waals surface area contributed by atoms with E-state index in [2.05, 4.69) is 40.2 Å². The topological polar surface area (TPSA) is 0 Å². The molecule has 0 aromatic carbocycles. The lowest BCUT2D eigenvalue weighted by Gasteiger charge is -2.23. The van der Waals surface area contributed by atoms with Crippen LogP contribution in [0, 0.1) is 11.8 Å². The lowest BCUT2D eigenvalue weighted by molar-refractivity contribution is 0.388. The largest absolute Gasteiger partial charge is 0.231 e. The summed E-state index contributed by atoms with van der Waals surface area (Å²) in [7, 11) is 0. The van der Waals surface area contributed by atoms with Gasteiger partial charge in [0.2, 0.25) is 0 Å². The monoisotopic (exact) mass is 158 g/mol. The van der Waals surface area contributed by atoms with Gasteiger partial charge >= 0.3 is 0 Å². The van der Waals surface area contributed by atoms with Crippen molar-refractivity contribution in [1.29, 1.82) is 0 Å². The first-order valence-corrected chi connectivity index (χ1v) is 4.87. The molecule has 0 aromatic rings. The molecular weight excluding hydrogens is 139 g/mol. The Hall–Kier alpha value is 0.415.